The number of halogens is 3. The van der Waals surface area contributed by atoms with E-state index in [1.165, 1.54) is 6.07 Å². The van der Waals surface area contributed by atoms with E-state index < -0.39 is 17.4 Å². The second kappa shape index (κ2) is 10.4. The van der Waals surface area contributed by atoms with Gasteiger partial charge in [0.05, 0.1) is 11.4 Å². The van der Waals surface area contributed by atoms with E-state index in [2.05, 4.69) is 15.9 Å². The van der Waals surface area contributed by atoms with E-state index in [1.54, 1.807) is 29.2 Å². The van der Waals surface area contributed by atoms with Gasteiger partial charge in [-0.2, -0.15) is 0 Å². The Morgan fingerprint density at radius 1 is 1.14 bits per heavy atom. The van der Waals surface area contributed by atoms with Crippen molar-refractivity contribution in [2.75, 3.05) is 6.54 Å². The maximum atomic E-state index is 13.5. The maximum Gasteiger partial charge on any atom is 0.305 e. The van der Waals surface area contributed by atoms with E-state index in [9.17, 15) is 19.1 Å². The number of rotatable bonds is 8. The van der Waals surface area contributed by atoms with Gasteiger partial charge in [0.2, 0.25) is 0 Å². The highest BCUT2D eigenvalue weighted by Crippen LogP contribution is 2.38. The van der Waals surface area contributed by atoms with Crippen molar-refractivity contribution in [1.82, 2.24) is 4.90 Å². The minimum absolute atomic E-state index is 0.0707. The molecule has 0 saturated carbocycles. The number of hydrogen-bond donors (Lipinski definition) is 1. The largest absolute Gasteiger partial charge is 0.487 e. The molecule has 0 radical (unpaired) electrons. The van der Waals surface area contributed by atoms with Crippen molar-refractivity contribution < 1.29 is 23.8 Å². The number of carbonyl (C=O) groups is 2. The summed E-state index contributed by atoms with van der Waals surface area (Å²) < 4.78 is 20.6. The average Bonchev–Trinajstić information content (AvgIpc) is 3.13. The number of carboxylic acids is 1. The van der Waals surface area contributed by atoms with Crippen LogP contribution in [0.5, 0.6) is 5.75 Å². The van der Waals surface area contributed by atoms with Crippen LogP contribution in [0.1, 0.15) is 40.4 Å². The highest BCUT2D eigenvalue weighted by Gasteiger charge is 2.35. The Morgan fingerprint density at radius 3 is 2.66 bits per heavy atom. The predicted molar refractivity (Wildman–Crippen MR) is 135 cm³/mol. The molecule has 0 saturated heterocycles. The lowest BCUT2D eigenvalue weighted by Gasteiger charge is -2.24. The molecule has 182 valence electrons. The van der Waals surface area contributed by atoms with Gasteiger partial charge >= 0.3 is 5.97 Å². The van der Waals surface area contributed by atoms with Crippen LogP contribution in [0, 0.1) is 5.82 Å². The number of ether oxygens (including phenoxy) is 1. The van der Waals surface area contributed by atoms with Gasteiger partial charge in [-0.1, -0.05) is 45.7 Å². The Kier molecular flexibility index (Phi) is 7.47. The minimum atomic E-state index is -0.962. The zero-order chi connectivity index (χ0) is 25.2. The molecule has 5 nitrogen and oxygen atoms in total. The number of fused-ring (bicyclic) bond motifs is 1. The van der Waals surface area contributed by atoms with Gasteiger partial charge in [0.15, 0.2) is 0 Å². The topological polar surface area (TPSA) is 66.8 Å². The van der Waals surface area contributed by atoms with Crippen LogP contribution in [0.4, 0.5) is 4.39 Å². The average molecular weight is 561 g/mol. The highest BCUT2D eigenvalue weighted by molar-refractivity contribution is 9.10. The number of nitrogens with zero attached hydrogens (tertiary/aromatic N) is 1. The first-order chi connectivity index (χ1) is 16.6. The van der Waals surface area contributed by atoms with Gasteiger partial charge in [-0.3, -0.25) is 9.59 Å². The van der Waals surface area contributed by atoms with Crippen LogP contribution in [0.15, 0.2) is 65.1 Å². The second-order valence-electron chi connectivity index (χ2n) is 8.98. The van der Waals surface area contributed by atoms with Gasteiger partial charge < -0.3 is 14.7 Å². The molecule has 4 rings (SSSR count). The molecule has 0 bridgehead atoms. The zero-order valence-corrected chi connectivity index (χ0v) is 21.4. The van der Waals surface area contributed by atoms with Crippen molar-refractivity contribution in [2.24, 2.45) is 0 Å². The van der Waals surface area contributed by atoms with Crippen LogP contribution in [0.2, 0.25) is 5.02 Å². The van der Waals surface area contributed by atoms with E-state index in [4.69, 9.17) is 16.3 Å². The first-order valence-electron chi connectivity index (χ1n) is 11.1. The van der Waals surface area contributed by atoms with Crippen molar-refractivity contribution in [3.63, 3.8) is 0 Å². The fourth-order valence-corrected chi connectivity index (χ4v) is 5.01. The Balaban J connectivity index is 1.53. The van der Waals surface area contributed by atoms with E-state index in [0.29, 0.717) is 30.7 Å². The molecule has 35 heavy (non-hydrogen) atoms. The lowest BCUT2D eigenvalue weighted by molar-refractivity contribution is -0.137. The standard InChI is InChI=1S/C27H24BrClFNO4/c1-27(14-17-5-7-23(30)22(29)12-17)15-20-13-19(6-8-24(20)35-27)26(34)31(10-9-25(32)33)16-18-3-2-4-21(28)11-18/h2-8,11-13H,9-10,14-16H2,1H3,(H,32,33). The van der Waals surface area contributed by atoms with E-state index in [1.807, 2.05) is 37.3 Å². The van der Waals surface area contributed by atoms with Crippen LogP contribution in [-0.4, -0.2) is 34.0 Å². The Labute approximate surface area is 216 Å². The Bertz CT molecular complexity index is 1280. The number of amides is 1. The smallest absolute Gasteiger partial charge is 0.305 e. The van der Waals surface area contributed by atoms with Crippen LogP contribution in [0.3, 0.4) is 0 Å². The van der Waals surface area contributed by atoms with Crippen LogP contribution in [0.25, 0.3) is 0 Å². The van der Waals surface area contributed by atoms with Crippen molar-refractivity contribution in [3.05, 3.63) is 98.2 Å². The third-order valence-electron chi connectivity index (χ3n) is 5.94. The van der Waals surface area contributed by atoms with E-state index in [-0.39, 0.29) is 23.9 Å². The number of carboxylic acid groups (broad SMARTS) is 1. The van der Waals surface area contributed by atoms with Crippen molar-refractivity contribution >= 4 is 39.4 Å². The molecule has 1 heterocycles. The molecular formula is C27H24BrClFNO4. The Hall–Kier alpha value is -2.90. The summed E-state index contributed by atoms with van der Waals surface area (Å²) in [5, 5.41) is 9.24. The van der Waals surface area contributed by atoms with Gasteiger partial charge in [-0.05, 0) is 66.1 Å². The highest BCUT2D eigenvalue weighted by atomic mass is 79.9. The van der Waals surface area contributed by atoms with Gasteiger partial charge in [0.25, 0.3) is 5.91 Å². The molecule has 0 aromatic heterocycles. The first-order valence-corrected chi connectivity index (χ1v) is 12.3. The third-order valence-corrected chi connectivity index (χ3v) is 6.72. The monoisotopic (exact) mass is 559 g/mol. The summed E-state index contributed by atoms with van der Waals surface area (Å²) in [7, 11) is 0. The van der Waals surface area contributed by atoms with Crippen LogP contribution < -0.4 is 4.74 Å². The summed E-state index contributed by atoms with van der Waals surface area (Å²) in [6.45, 7) is 2.36. The number of carbonyl (C=O) groups excluding carboxylic acids is 1. The normalized spacial score (nSPS) is 16.5. The summed E-state index contributed by atoms with van der Waals surface area (Å²) >= 11 is 9.37. The predicted octanol–water partition coefficient (Wildman–Crippen LogP) is 6.30. The molecule has 0 spiro atoms. The van der Waals surface area contributed by atoms with Gasteiger partial charge in [-0.25, -0.2) is 4.39 Å². The number of benzene rings is 3. The Morgan fingerprint density at radius 2 is 1.94 bits per heavy atom. The maximum absolute atomic E-state index is 13.5. The fourth-order valence-electron chi connectivity index (χ4n) is 4.36. The van der Waals surface area contributed by atoms with Gasteiger partial charge in [-0.15, -0.1) is 0 Å². The molecule has 1 unspecified atom stereocenters. The SMILES string of the molecule is CC1(Cc2ccc(F)c(Cl)c2)Cc2cc(C(=O)N(CCC(=O)O)Cc3cccc(Br)c3)ccc2O1. The summed E-state index contributed by atoms with van der Waals surface area (Å²) in [5.41, 5.74) is 2.56. The van der Waals surface area contributed by atoms with Crippen LogP contribution in [-0.2, 0) is 24.2 Å². The summed E-state index contributed by atoms with van der Waals surface area (Å²) in [6, 6.07) is 17.5. The van der Waals surface area contributed by atoms with E-state index in [0.717, 1.165) is 21.2 Å². The molecule has 1 amide bonds. The molecule has 3 aromatic rings. The zero-order valence-electron chi connectivity index (χ0n) is 19.1. The van der Waals surface area contributed by atoms with Crippen LogP contribution >= 0.6 is 27.5 Å². The fraction of sp³-hybridized carbons (Fsp3) is 0.259. The second-order valence-corrected chi connectivity index (χ2v) is 10.3. The van der Waals surface area contributed by atoms with Crippen molar-refractivity contribution in [3.8, 4) is 5.75 Å². The molecule has 8 heteroatoms. The van der Waals surface area contributed by atoms with Crippen molar-refractivity contribution in [2.45, 2.75) is 38.3 Å². The lowest BCUT2D eigenvalue weighted by Crippen LogP contribution is -2.33. The first kappa shape index (κ1) is 25.2. The third kappa shape index (κ3) is 6.21. The van der Waals surface area contributed by atoms with Gasteiger partial charge in [0.1, 0.15) is 17.2 Å². The molecule has 0 aliphatic carbocycles. The summed E-state index contributed by atoms with van der Waals surface area (Å²) in [6.07, 6.45) is 0.948. The van der Waals surface area contributed by atoms with Crippen molar-refractivity contribution in [1.29, 1.82) is 0 Å². The molecule has 1 aliphatic heterocycles. The van der Waals surface area contributed by atoms with E-state index >= 15 is 0 Å². The molecule has 1 aliphatic rings. The number of aliphatic carboxylic acids is 1. The molecular weight excluding hydrogens is 537 g/mol. The number of hydrogen-bond acceptors (Lipinski definition) is 3. The molecule has 0 fully saturated rings. The molecule has 1 atom stereocenters. The summed E-state index contributed by atoms with van der Waals surface area (Å²) in [4.78, 5) is 26.1. The lowest BCUT2D eigenvalue weighted by atomic mass is 9.91. The summed E-state index contributed by atoms with van der Waals surface area (Å²) in [5.74, 6) is -0.972. The minimum Gasteiger partial charge on any atom is -0.487 e. The molecule has 3 aromatic carbocycles. The quantitative estimate of drug-likeness (QED) is 0.351. The molecule has 1 N–H and O–H groups in total. The van der Waals surface area contributed by atoms with Gasteiger partial charge in [0, 0.05) is 36.0 Å².